The summed E-state index contributed by atoms with van der Waals surface area (Å²) in [4.78, 5) is 16.4. The Bertz CT molecular complexity index is 885. The molecule has 2 unspecified atom stereocenters. The first-order chi connectivity index (χ1) is 12.2. The number of hydrogen-bond acceptors (Lipinski definition) is 4. The van der Waals surface area contributed by atoms with E-state index in [2.05, 4.69) is 22.3 Å². The van der Waals surface area contributed by atoms with Crippen LogP contribution in [0, 0.1) is 5.92 Å². The first-order valence-electron chi connectivity index (χ1n) is 9.49. The summed E-state index contributed by atoms with van der Waals surface area (Å²) >= 11 is 1.59. The fraction of sp³-hybridized carbons (Fsp3) is 0.550. The molecule has 3 fully saturated rings. The van der Waals surface area contributed by atoms with E-state index in [1.54, 1.807) is 11.3 Å². The first-order valence-corrected chi connectivity index (χ1v) is 10.3. The summed E-state index contributed by atoms with van der Waals surface area (Å²) in [5, 5.41) is 4.54. The molecule has 0 radical (unpaired) electrons. The van der Waals surface area contributed by atoms with Gasteiger partial charge in [0.1, 0.15) is 5.75 Å². The SMILES string of the molecule is O=C(N[C@@H]1C2CCN(C2)C12CC2)c1cc2ccc3c(c2s1)OCCC3. The molecule has 1 N–H and O–H groups in total. The van der Waals surface area contributed by atoms with Crippen molar-refractivity contribution >= 4 is 27.3 Å². The Morgan fingerprint density at radius 3 is 3.16 bits per heavy atom. The molecular weight excluding hydrogens is 332 g/mol. The number of hydrogen-bond donors (Lipinski definition) is 1. The molecule has 5 heteroatoms. The van der Waals surface area contributed by atoms with Crippen LogP contribution in [-0.2, 0) is 6.42 Å². The Hall–Kier alpha value is -1.59. The third kappa shape index (κ3) is 1.99. The van der Waals surface area contributed by atoms with Gasteiger partial charge >= 0.3 is 0 Å². The monoisotopic (exact) mass is 354 g/mol. The Balaban J connectivity index is 1.31. The topological polar surface area (TPSA) is 41.6 Å². The number of carbonyl (C=O) groups excluding carboxylic acids is 1. The van der Waals surface area contributed by atoms with Crippen LogP contribution in [0.5, 0.6) is 5.75 Å². The molecule has 130 valence electrons. The van der Waals surface area contributed by atoms with Gasteiger partial charge in [-0.2, -0.15) is 0 Å². The zero-order valence-corrected chi connectivity index (χ0v) is 15.0. The van der Waals surface area contributed by atoms with Gasteiger partial charge in [-0.3, -0.25) is 9.69 Å². The largest absolute Gasteiger partial charge is 0.492 e. The maximum absolute atomic E-state index is 13.0. The summed E-state index contributed by atoms with van der Waals surface area (Å²) in [6, 6.07) is 6.69. The zero-order valence-electron chi connectivity index (χ0n) is 14.2. The number of aryl methyl sites for hydroxylation is 1. The van der Waals surface area contributed by atoms with Crippen LogP contribution in [0.2, 0.25) is 0 Å². The van der Waals surface area contributed by atoms with Crippen molar-refractivity contribution in [1.29, 1.82) is 0 Å². The molecule has 1 saturated carbocycles. The molecule has 1 aromatic heterocycles. The van der Waals surface area contributed by atoms with Crippen LogP contribution in [-0.4, -0.2) is 42.1 Å². The third-order valence-electron chi connectivity index (χ3n) is 6.74. The van der Waals surface area contributed by atoms with E-state index in [4.69, 9.17) is 4.74 Å². The number of ether oxygens (including phenoxy) is 1. The predicted molar refractivity (Wildman–Crippen MR) is 98.5 cm³/mol. The van der Waals surface area contributed by atoms with Crippen LogP contribution in [0.15, 0.2) is 18.2 Å². The molecule has 1 aromatic carbocycles. The second kappa shape index (κ2) is 4.98. The lowest BCUT2D eigenvalue weighted by atomic mass is 9.92. The molecule has 2 saturated heterocycles. The van der Waals surface area contributed by atoms with Crippen LogP contribution in [0.4, 0.5) is 0 Å². The smallest absolute Gasteiger partial charge is 0.261 e. The van der Waals surface area contributed by atoms with Gasteiger partial charge in [0, 0.05) is 12.1 Å². The number of thiophene rings is 1. The second-order valence-electron chi connectivity index (χ2n) is 8.08. The molecule has 4 heterocycles. The minimum absolute atomic E-state index is 0.107. The number of piperidine rings is 1. The van der Waals surface area contributed by atoms with E-state index in [0.717, 1.165) is 40.2 Å². The van der Waals surface area contributed by atoms with Crippen molar-refractivity contribution in [1.82, 2.24) is 10.2 Å². The number of benzene rings is 1. The number of rotatable bonds is 2. The van der Waals surface area contributed by atoms with Crippen molar-refractivity contribution in [2.24, 2.45) is 5.92 Å². The highest BCUT2D eigenvalue weighted by atomic mass is 32.1. The minimum Gasteiger partial charge on any atom is -0.492 e. The molecular formula is C20H22N2O2S. The van der Waals surface area contributed by atoms with Gasteiger partial charge in [0.25, 0.3) is 5.91 Å². The van der Waals surface area contributed by atoms with Crippen LogP contribution >= 0.6 is 11.3 Å². The van der Waals surface area contributed by atoms with Gasteiger partial charge in [0.05, 0.1) is 22.2 Å². The fourth-order valence-electron chi connectivity index (χ4n) is 5.34. The lowest BCUT2D eigenvalue weighted by molar-refractivity contribution is 0.0896. The van der Waals surface area contributed by atoms with E-state index in [1.165, 1.54) is 37.9 Å². The van der Waals surface area contributed by atoms with Crippen molar-refractivity contribution in [3.63, 3.8) is 0 Å². The Kier molecular flexibility index (Phi) is 2.90. The minimum atomic E-state index is 0.107. The Morgan fingerprint density at radius 2 is 2.28 bits per heavy atom. The van der Waals surface area contributed by atoms with Gasteiger partial charge in [-0.25, -0.2) is 0 Å². The standard InChI is InChI=1S/C20H22N2O2S/c23-19(21-18-14-5-8-22(11-14)20(18)6-7-20)15-10-13-4-3-12-2-1-9-24-16(12)17(13)25-15/h3-4,10,14,18H,1-2,5-9,11H2,(H,21,23)/t14?,18-/m1/s1. The number of nitrogens with zero attached hydrogens (tertiary/aromatic N) is 1. The number of nitrogens with one attached hydrogen (secondary N) is 1. The van der Waals surface area contributed by atoms with Gasteiger partial charge in [-0.1, -0.05) is 12.1 Å². The van der Waals surface area contributed by atoms with E-state index in [9.17, 15) is 4.79 Å². The molecule has 2 aromatic rings. The Morgan fingerprint density at radius 1 is 1.36 bits per heavy atom. The predicted octanol–water partition coefficient (Wildman–Crippen LogP) is 3.19. The number of fused-ring (bicyclic) bond motifs is 6. The second-order valence-corrected chi connectivity index (χ2v) is 9.14. The first kappa shape index (κ1) is 14.6. The molecule has 3 aliphatic heterocycles. The van der Waals surface area contributed by atoms with Crippen molar-refractivity contribution in [2.45, 2.75) is 43.7 Å². The summed E-state index contributed by atoms with van der Waals surface area (Å²) in [6.45, 7) is 3.19. The van der Waals surface area contributed by atoms with E-state index in [0.29, 0.717) is 17.5 Å². The lowest BCUT2D eigenvalue weighted by Crippen LogP contribution is -2.51. The van der Waals surface area contributed by atoms with E-state index in [1.807, 2.05) is 6.07 Å². The maximum atomic E-state index is 13.0. The van der Waals surface area contributed by atoms with Crippen LogP contribution in [0.3, 0.4) is 0 Å². The molecule has 25 heavy (non-hydrogen) atoms. The van der Waals surface area contributed by atoms with Gasteiger partial charge in [-0.15, -0.1) is 11.3 Å². The highest BCUT2D eigenvalue weighted by Crippen LogP contribution is 2.55. The number of amides is 1. The fourth-order valence-corrected chi connectivity index (χ4v) is 6.43. The molecule has 2 bridgehead atoms. The molecule has 4 aliphatic rings. The van der Waals surface area contributed by atoms with Crippen LogP contribution in [0.1, 0.15) is 40.9 Å². The molecule has 1 spiro atoms. The summed E-state index contributed by atoms with van der Waals surface area (Å²) < 4.78 is 7.06. The highest BCUT2D eigenvalue weighted by Gasteiger charge is 2.63. The average Bonchev–Trinajstić information content (AvgIpc) is 3.01. The van der Waals surface area contributed by atoms with Gasteiger partial charge in [-0.05, 0) is 61.6 Å². The molecule has 4 nitrogen and oxygen atoms in total. The van der Waals surface area contributed by atoms with Gasteiger partial charge in [0.15, 0.2) is 0 Å². The van der Waals surface area contributed by atoms with Gasteiger partial charge < -0.3 is 10.1 Å². The number of carbonyl (C=O) groups is 1. The molecule has 1 amide bonds. The Labute approximate surface area is 151 Å². The molecule has 6 rings (SSSR count). The van der Waals surface area contributed by atoms with Crippen molar-refractivity contribution < 1.29 is 9.53 Å². The normalized spacial score (nSPS) is 31.1. The zero-order chi connectivity index (χ0) is 16.6. The average molecular weight is 354 g/mol. The quantitative estimate of drug-likeness (QED) is 0.900. The van der Waals surface area contributed by atoms with E-state index in [-0.39, 0.29) is 5.91 Å². The van der Waals surface area contributed by atoms with E-state index < -0.39 is 0 Å². The molecule has 1 aliphatic carbocycles. The maximum Gasteiger partial charge on any atom is 0.261 e. The summed E-state index contributed by atoms with van der Waals surface area (Å²) in [5.41, 5.74) is 1.59. The summed E-state index contributed by atoms with van der Waals surface area (Å²) in [7, 11) is 0. The third-order valence-corrected chi connectivity index (χ3v) is 7.89. The summed E-state index contributed by atoms with van der Waals surface area (Å²) in [5.74, 6) is 1.77. The van der Waals surface area contributed by atoms with E-state index >= 15 is 0 Å². The highest BCUT2D eigenvalue weighted by molar-refractivity contribution is 7.21. The van der Waals surface area contributed by atoms with Crippen molar-refractivity contribution in [3.05, 3.63) is 28.6 Å². The van der Waals surface area contributed by atoms with Crippen molar-refractivity contribution in [3.8, 4) is 5.75 Å². The van der Waals surface area contributed by atoms with Crippen LogP contribution < -0.4 is 10.1 Å². The summed E-state index contributed by atoms with van der Waals surface area (Å²) in [6.07, 6.45) is 5.90. The molecule has 3 atom stereocenters. The van der Waals surface area contributed by atoms with Crippen molar-refractivity contribution in [2.75, 3.05) is 19.7 Å². The lowest BCUT2D eigenvalue weighted by Gasteiger charge is -2.33. The van der Waals surface area contributed by atoms with Gasteiger partial charge in [0.2, 0.25) is 0 Å². The van der Waals surface area contributed by atoms with Crippen LogP contribution in [0.25, 0.3) is 10.1 Å².